The molecule has 1 aliphatic rings. The molecule has 1 saturated carbocycles. The van der Waals surface area contributed by atoms with Crippen molar-refractivity contribution in [2.75, 3.05) is 24.3 Å². The fraction of sp³-hybridized carbons (Fsp3) is 0.789. The number of aliphatic hydroxyl groups is 1. The topological polar surface area (TPSA) is 197 Å². The predicted octanol–water partition coefficient (Wildman–Crippen LogP) is 41.5. The van der Waals surface area contributed by atoms with Gasteiger partial charge in [0.15, 0.2) is 0 Å². The summed E-state index contributed by atoms with van der Waals surface area (Å²) in [6.45, 7) is 115. The lowest BCUT2D eigenvalue weighted by Gasteiger charge is -2.11. The van der Waals surface area contributed by atoms with Crippen LogP contribution in [0.25, 0.3) is 10.9 Å². The Labute approximate surface area is 926 Å². The van der Waals surface area contributed by atoms with Crippen molar-refractivity contribution in [2.24, 2.45) is 153 Å². The van der Waals surface area contributed by atoms with Crippen LogP contribution in [0.3, 0.4) is 0 Å². The average molecular weight is 2090 g/mol. The van der Waals surface area contributed by atoms with Crippen LogP contribution in [-0.4, -0.2) is 79.6 Å². The number of aliphatic hydroxyl groups excluding tert-OH is 1. The minimum atomic E-state index is -0.196. The van der Waals surface area contributed by atoms with Gasteiger partial charge in [0, 0.05) is 61.2 Å². The number of amides is 1. The Bertz CT molecular complexity index is 3310. The van der Waals surface area contributed by atoms with E-state index in [1.165, 1.54) is 141 Å². The summed E-state index contributed by atoms with van der Waals surface area (Å²) in [5, 5.41) is 10.0. The van der Waals surface area contributed by atoms with Crippen LogP contribution in [0.2, 0.25) is 0 Å². The van der Waals surface area contributed by atoms with E-state index < -0.39 is 0 Å². The normalized spacial score (nSPS) is 11.6. The van der Waals surface area contributed by atoms with Gasteiger partial charge in [-0.3, -0.25) is 9.79 Å². The Hall–Kier alpha value is -4.98. The van der Waals surface area contributed by atoms with Crippen molar-refractivity contribution in [3.8, 4) is 0 Å². The van der Waals surface area contributed by atoms with Gasteiger partial charge < -0.3 is 40.9 Å². The number of amidine groups is 1. The lowest BCUT2D eigenvalue weighted by atomic mass is 9.95. The van der Waals surface area contributed by atoms with E-state index in [4.69, 9.17) is 16.6 Å². The Morgan fingerprint density at radius 2 is 0.815 bits per heavy atom. The summed E-state index contributed by atoms with van der Waals surface area (Å²) in [4.78, 5) is 55.3. The van der Waals surface area contributed by atoms with Crippen LogP contribution >= 0.6 is 24.4 Å². The molecule has 868 valence electrons. The number of unbranched alkanes of at least 4 members (excludes halogenated alkanes) is 2. The number of para-hydroxylation sites is 1. The molecule has 0 saturated heterocycles. The molecule has 11 nitrogen and oxygen atoms in total. The zero-order valence-electron chi connectivity index (χ0n) is 108. The van der Waals surface area contributed by atoms with E-state index in [1.807, 2.05) is 66.4 Å². The number of aromatic amines is 2. The van der Waals surface area contributed by atoms with Crippen molar-refractivity contribution in [3.63, 3.8) is 0 Å². The largest absolute Gasteiger partial charge is 0.393 e. The molecular formula is C133H264N6O5S2. The molecule has 1 amide bonds. The number of ketones is 3. The third-order valence-corrected chi connectivity index (χ3v) is 23.7. The van der Waals surface area contributed by atoms with E-state index in [0.29, 0.717) is 53.5 Å². The van der Waals surface area contributed by atoms with Crippen molar-refractivity contribution in [3.05, 3.63) is 126 Å². The third kappa shape index (κ3) is 175. The number of nitrogens with zero attached hydrogens (tertiary/aromatic N) is 2. The zero-order chi connectivity index (χ0) is 117. The number of imidazole rings is 1. The number of H-pyrrole nitrogens is 2. The number of aliphatic imine (C=N–C) groups is 1. The van der Waals surface area contributed by atoms with E-state index in [1.54, 1.807) is 34.0 Å². The number of aryl methyl sites for hydroxylation is 1. The third-order valence-electron chi connectivity index (χ3n) is 22.3. The van der Waals surface area contributed by atoms with Gasteiger partial charge in [0.2, 0.25) is 5.91 Å². The highest BCUT2D eigenvalue weighted by Crippen LogP contribution is 2.31. The summed E-state index contributed by atoms with van der Waals surface area (Å²) in [5.41, 5.74) is 18.4. The maximum absolute atomic E-state index is 10.3. The van der Waals surface area contributed by atoms with Gasteiger partial charge in [0.1, 0.15) is 17.3 Å². The maximum Gasteiger partial charge on any atom is 0.217 e. The Morgan fingerprint density at radius 1 is 0.432 bits per heavy atom. The highest BCUT2D eigenvalue weighted by Gasteiger charge is 2.17. The van der Waals surface area contributed by atoms with Crippen LogP contribution in [0.4, 0.5) is 0 Å². The molecule has 0 spiro atoms. The van der Waals surface area contributed by atoms with Crippen molar-refractivity contribution >= 4 is 64.4 Å². The number of primary amides is 1. The van der Waals surface area contributed by atoms with Crippen molar-refractivity contribution < 1.29 is 24.3 Å². The average Bonchev–Trinajstić information content (AvgIpc) is 1.69. The lowest BCUT2D eigenvalue weighted by molar-refractivity contribution is -0.118. The molecule has 5 aromatic rings. The number of hydrogen-bond donors (Lipinski definition) is 6. The summed E-state index contributed by atoms with van der Waals surface area (Å²) in [6, 6.07) is 27.9. The molecule has 0 radical (unpaired) electrons. The van der Waals surface area contributed by atoms with Crippen molar-refractivity contribution in [1.82, 2.24) is 15.0 Å². The van der Waals surface area contributed by atoms with Gasteiger partial charge in [-0.15, -0.1) is 0 Å². The Morgan fingerprint density at radius 3 is 1.05 bits per heavy atom. The molecular weight excluding hydrogens is 1830 g/mol. The van der Waals surface area contributed by atoms with Crippen LogP contribution in [0, 0.1) is 143 Å². The fourth-order valence-corrected chi connectivity index (χ4v) is 12.6. The van der Waals surface area contributed by atoms with Gasteiger partial charge in [-0.2, -0.15) is 24.4 Å². The molecule has 7 N–H and O–H groups in total. The van der Waals surface area contributed by atoms with Gasteiger partial charge in [-0.1, -0.05) is 468 Å². The maximum atomic E-state index is 10.3. The Balaban J connectivity index is -0.000000117. The zero-order valence-corrected chi connectivity index (χ0v) is 110. The van der Waals surface area contributed by atoms with Crippen LogP contribution < -0.4 is 11.5 Å². The quantitative estimate of drug-likeness (QED) is 0.00971. The number of nitrogens with two attached hydrogens (primary N) is 2. The number of rotatable bonds is 38. The summed E-state index contributed by atoms with van der Waals surface area (Å²) < 4.78 is 0. The second kappa shape index (κ2) is 119. The first-order chi connectivity index (χ1) is 67.4. The number of thioether (sulfide) groups is 1. The van der Waals surface area contributed by atoms with Gasteiger partial charge in [-0.25, -0.2) is 4.98 Å². The van der Waals surface area contributed by atoms with Gasteiger partial charge in [-0.05, 0) is 282 Å². The van der Waals surface area contributed by atoms with Crippen LogP contribution in [0.5, 0.6) is 0 Å². The lowest BCUT2D eigenvalue weighted by Crippen LogP contribution is -2.10. The molecule has 3 aromatic carbocycles. The van der Waals surface area contributed by atoms with Gasteiger partial charge in [0.05, 0.1) is 18.3 Å². The highest BCUT2D eigenvalue weighted by atomic mass is 32.2. The molecule has 2 atom stereocenters. The summed E-state index contributed by atoms with van der Waals surface area (Å²) in [5.74, 6) is 21.6. The number of benzene rings is 3. The number of nitrogens with one attached hydrogen (secondary N) is 2. The standard InChI is InChI=1S/C12H15N.C11H16.C10H14.C8H18N2.C8H16.C8H18.C7H12N2.C7H14O.2C7H16.C6H13NO.2C6H12O.C6H14S.C6H14.C5H12O.C5H12.C4H10S.C4H10/c1-9(2)7-10-8-13-12-6-4-3-5-11(10)12;1-9(2)8-11-6-4-10(3)5-7-11;1-9(2)8-10-6-4-3-5-7-10;1-7(2)5-4-6-10-8(3)9;1-7(2)8-5-3-4-6-8;1-4-5-6-7-8(2)3;1-6(2)3-7-4-8-5-9-7;1-6(2)4-5-7(3)8;1-6(2)5-7(3)4;1-5-7(4)6(2)3;1-5(2)3-4-6(7)8;2*1-5(2)4-6(3)7;1-6(2)4-5-7-3;1-5(2)6(3)4;1-4(2)5(3)6;1-4-5(2)3;1-4(2)3-5;1-4(2)3/h3-6,8-9,13H,7H2,1-2H3;4-7,9H,8H2,1-3H3;3-7,9H,8H2,1-2H3;7H,4-6H2,1-3H3,(H2,9,10);7-8H,3-6H2,1-2H3;8H,4-7H2,1-3H3;4-6H,3H2,1-2H3,(H,8,9);6H,4-5H2,1-3H3;2*6-7H,5H2,1-4H3;5H,3-4H2,1-2H3,(H2,7,8);2*5H,4H2,1-3H3;6H,4-5H2,1-3H3;5-6H,1-4H3;4-6H,1-3H3;5H,4H2,1-3H3;4-5H,3H2,1-2H3;4H,1-3H3. The monoisotopic (exact) mass is 2090 g/mol. The number of carbonyl (C=O) groups excluding carboxylic acids is 4. The molecule has 0 bridgehead atoms. The molecule has 2 unspecified atom stereocenters. The van der Waals surface area contributed by atoms with Crippen LogP contribution in [0.15, 0.2) is 103 Å². The van der Waals surface area contributed by atoms with E-state index >= 15 is 0 Å². The van der Waals surface area contributed by atoms with Crippen LogP contribution in [0.1, 0.15) is 516 Å². The molecule has 1 fully saturated rings. The number of aromatic nitrogens is 3. The number of thiol groups is 1. The first-order valence-corrected chi connectivity index (χ1v) is 60.8. The number of carbonyl (C=O) groups is 4. The highest BCUT2D eigenvalue weighted by molar-refractivity contribution is 7.98. The summed E-state index contributed by atoms with van der Waals surface area (Å²) in [7, 11) is 0. The van der Waals surface area contributed by atoms with E-state index in [9.17, 15) is 19.2 Å². The first-order valence-electron chi connectivity index (χ1n) is 58.8. The first kappa shape index (κ1) is 169. The number of fused-ring (bicyclic) bond motifs is 1. The number of hydrogen-bond acceptors (Lipinski definition) is 9. The fourth-order valence-electron chi connectivity index (χ4n) is 11.9. The Kier molecular flexibility index (Phi) is 137. The van der Waals surface area contributed by atoms with E-state index in [-0.39, 0.29) is 23.6 Å². The second-order valence-electron chi connectivity index (χ2n) is 49.6. The SMILES string of the molecule is CC(=O)CC(C)C.CC(=O)CC(C)C.CC(=O)CCC(C)C.CC(C)C.CC(C)C(C)C.CC(C)C(C)O.CC(C)C1CCCC1.CC(C)CC(C)C.CC(C)CCC(N)=O.CC(C)CS.CC(C)Cc1c[nH]c2ccccc12.CC(C)Cc1ccccc1.CC(C)Cc1cnc[nH]1.CC(N)=NCCCC(C)C.CCC(C)C.CCC(C)C(C)C.CCCCCC(C)C.CSCCC(C)C.Cc1ccc(CC(C)C)cc1. The van der Waals surface area contributed by atoms with E-state index in [0.717, 1.165) is 164 Å². The summed E-state index contributed by atoms with van der Waals surface area (Å²) in [6.07, 6.45) is 36.4. The number of Topliss-reactive ketones (excluding diaryl/α,β-unsaturated/α-hetero) is 3. The summed E-state index contributed by atoms with van der Waals surface area (Å²) >= 11 is 5.95. The second-order valence-corrected chi connectivity index (χ2v) is 50.9. The molecule has 1 aliphatic carbocycles. The molecule has 2 heterocycles. The van der Waals surface area contributed by atoms with Gasteiger partial charge >= 0.3 is 0 Å². The van der Waals surface area contributed by atoms with E-state index in [2.05, 4.69) is 415 Å². The van der Waals surface area contributed by atoms with Crippen molar-refractivity contribution in [2.45, 2.75) is 527 Å². The molecule has 13 heteroatoms. The predicted molar refractivity (Wildman–Crippen MR) is 676 cm³/mol. The smallest absolute Gasteiger partial charge is 0.217 e. The molecule has 146 heavy (non-hydrogen) atoms. The van der Waals surface area contributed by atoms with Crippen molar-refractivity contribution in [1.29, 1.82) is 0 Å². The minimum absolute atomic E-state index is 0.148. The van der Waals surface area contributed by atoms with Gasteiger partial charge in [0.25, 0.3) is 0 Å². The molecule has 0 aliphatic heterocycles. The molecule has 2 aromatic heterocycles. The van der Waals surface area contributed by atoms with Crippen LogP contribution in [-0.2, 0) is 44.9 Å². The molecule has 6 rings (SSSR count). The minimum Gasteiger partial charge on any atom is -0.393 e.